The van der Waals surface area contributed by atoms with Crippen LogP contribution in [0.1, 0.15) is 0 Å². The Kier molecular flexibility index (Phi) is 4.41. The average molecular weight is 321 g/mol. The molecule has 0 radical (unpaired) electrons. The van der Waals surface area contributed by atoms with Gasteiger partial charge in [-0.15, -0.1) is 0 Å². The summed E-state index contributed by atoms with van der Waals surface area (Å²) in [5.41, 5.74) is 0. The Morgan fingerprint density at radius 1 is 0.591 bits per heavy atom. The summed E-state index contributed by atoms with van der Waals surface area (Å²) < 4.78 is 16.0. The van der Waals surface area contributed by atoms with Crippen LogP contribution in [0, 0.1) is 0 Å². The molecule has 3 rings (SSSR count). The van der Waals surface area contributed by atoms with Crippen molar-refractivity contribution in [1.82, 2.24) is 0 Å². The van der Waals surface area contributed by atoms with Gasteiger partial charge in [-0.05, 0) is 15.6 Å². The second-order valence-corrected chi connectivity index (χ2v) is 9.01. The summed E-state index contributed by atoms with van der Waals surface area (Å²) in [6.45, 7) is 0. The maximum Gasteiger partial charge on any atom is 0.293 e. The first kappa shape index (κ1) is 14.6. The highest BCUT2D eigenvalue weighted by Gasteiger charge is 2.40. The van der Waals surface area contributed by atoms with Gasteiger partial charge in [-0.25, -0.2) is 4.03 Å². The van der Waals surface area contributed by atoms with Gasteiger partial charge in [-0.1, -0.05) is 91.0 Å². The first-order valence-electron chi connectivity index (χ1n) is 7.05. The zero-order chi connectivity index (χ0) is 15.3. The minimum absolute atomic E-state index is 0.330. The van der Waals surface area contributed by atoms with Crippen LogP contribution in [-0.4, -0.2) is 12.4 Å². The molecule has 0 saturated carbocycles. The van der Waals surface area contributed by atoms with Crippen molar-refractivity contribution in [1.29, 1.82) is 0 Å². The molecule has 3 aromatic carbocycles. The summed E-state index contributed by atoms with van der Waals surface area (Å²) in [6, 6.07) is 30.5. The molecule has 0 aliphatic heterocycles. The molecule has 0 unspecified atom stereocenters. The van der Waals surface area contributed by atoms with Crippen molar-refractivity contribution < 1.29 is 4.21 Å². The quantitative estimate of drug-likeness (QED) is 0.534. The summed E-state index contributed by atoms with van der Waals surface area (Å²) in [6.07, 6.45) is 0. The Labute approximate surface area is 134 Å². The minimum atomic E-state index is -2.65. The van der Waals surface area contributed by atoms with E-state index >= 15 is 0 Å². The highest BCUT2D eigenvalue weighted by molar-refractivity contribution is 7.57. The van der Waals surface area contributed by atoms with E-state index in [1.165, 1.54) is 0 Å². The van der Waals surface area contributed by atoms with Gasteiger partial charge in [0.05, 0.1) is 0 Å². The molecule has 0 saturated heterocycles. The third-order valence-electron chi connectivity index (χ3n) is 3.75. The lowest BCUT2D eigenvalue weighted by atomic mass is 10.3. The third kappa shape index (κ3) is 2.58. The summed E-state index contributed by atoms with van der Waals surface area (Å²) in [4.78, 5) is 0. The number of nitrogens with zero attached hydrogens (tertiary/aromatic N) is 1. The maximum absolute atomic E-state index is 11.5. The van der Waals surface area contributed by atoms with Crippen LogP contribution in [0.3, 0.4) is 0 Å². The molecule has 0 bridgehead atoms. The van der Waals surface area contributed by atoms with Gasteiger partial charge in [0.1, 0.15) is 0 Å². The smallest absolute Gasteiger partial charge is 0.219 e. The second kappa shape index (κ2) is 6.64. The Balaban J connectivity index is 2.37. The van der Waals surface area contributed by atoms with Crippen LogP contribution in [0.4, 0.5) is 0 Å². The number of rotatable bonds is 4. The fourth-order valence-corrected chi connectivity index (χ4v) is 7.49. The van der Waals surface area contributed by atoms with Gasteiger partial charge in [0.25, 0.3) is 8.24 Å². The molecule has 2 nitrogen and oxygen atoms in total. The zero-order valence-electron chi connectivity index (χ0n) is 11.9. The van der Waals surface area contributed by atoms with E-state index < -0.39 is 8.24 Å². The van der Waals surface area contributed by atoms with Crippen molar-refractivity contribution in [2.75, 3.05) is 0 Å². The van der Waals surface area contributed by atoms with E-state index in [4.69, 9.17) is 0 Å². The molecular formula is C18H15NOSSi. The Morgan fingerprint density at radius 2 is 0.909 bits per heavy atom. The Morgan fingerprint density at radius 3 is 1.18 bits per heavy atom. The van der Waals surface area contributed by atoms with Crippen molar-refractivity contribution in [3.8, 4) is 0 Å². The average Bonchev–Trinajstić information content (AvgIpc) is 2.62. The van der Waals surface area contributed by atoms with Gasteiger partial charge < -0.3 is 0 Å². The van der Waals surface area contributed by atoms with Gasteiger partial charge in [0.15, 0.2) is 11.5 Å². The van der Waals surface area contributed by atoms with E-state index in [-0.39, 0.29) is 0 Å². The van der Waals surface area contributed by atoms with Crippen molar-refractivity contribution in [2.45, 2.75) is 0 Å². The molecule has 108 valence electrons. The number of benzene rings is 3. The Bertz CT molecular complexity index is 690. The predicted octanol–water partition coefficient (Wildman–Crippen LogP) is 2.05. The maximum atomic E-state index is 11.5. The van der Waals surface area contributed by atoms with E-state index in [1.54, 1.807) is 0 Å². The molecule has 0 heterocycles. The van der Waals surface area contributed by atoms with Crippen LogP contribution < -0.4 is 15.6 Å². The Hall–Kier alpha value is -2.30. The summed E-state index contributed by atoms with van der Waals surface area (Å²) in [5, 5.41) is 3.36. The van der Waals surface area contributed by atoms with E-state index in [9.17, 15) is 4.21 Å². The molecule has 0 amide bonds. The first-order chi connectivity index (χ1) is 10.9. The highest BCUT2D eigenvalue weighted by atomic mass is 32.1. The van der Waals surface area contributed by atoms with Crippen LogP contribution in [0.2, 0.25) is 0 Å². The van der Waals surface area contributed by atoms with Gasteiger partial charge in [0, 0.05) is 0 Å². The summed E-state index contributed by atoms with van der Waals surface area (Å²) in [7, 11) is -2.65. The molecular weight excluding hydrogens is 306 g/mol. The lowest BCUT2D eigenvalue weighted by Crippen LogP contribution is -2.65. The first-order valence-corrected chi connectivity index (χ1v) is 9.70. The van der Waals surface area contributed by atoms with Crippen molar-refractivity contribution >= 4 is 35.3 Å². The monoisotopic (exact) mass is 321 g/mol. The van der Waals surface area contributed by atoms with Crippen LogP contribution in [0.25, 0.3) is 0 Å². The van der Waals surface area contributed by atoms with E-state index in [0.29, 0.717) is 11.5 Å². The molecule has 22 heavy (non-hydrogen) atoms. The number of hydrogen-bond donors (Lipinski definition) is 0. The predicted molar refractivity (Wildman–Crippen MR) is 94.6 cm³/mol. The molecule has 0 N–H and O–H groups in total. The largest absolute Gasteiger partial charge is 0.293 e. The molecule has 0 aliphatic carbocycles. The van der Waals surface area contributed by atoms with Gasteiger partial charge >= 0.3 is 0 Å². The van der Waals surface area contributed by atoms with Crippen LogP contribution >= 0.6 is 0 Å². The zero-order valence-corrected chi connectivity index (χ0v) is 13.7. The highest BCUT2D eigenvalue weighted by Crippen LogP contribution is 2.08. The standard InChI is InChI=1S/C18H15NOSSi/c20-21-19-22(16-10-4-1-5-11-16,17-12-6-2-7-13-17)18-14-8-3-9-15-18/h1-15H. The van der Waals surface area contributed by atoms with Crippen LogP contribution in [0.5, 0.6) is 0 Å². The third-order valence-corrected chi connectivity index (χ3v) is 8.65. The van der Waals surface area contributed by atoms with Crippen molar-refractivity contribution in [3.63, 3.8) is 0 Å². The summed E-state index contributed by atoms with van der Waals surface area (Å²) in [5.74, 6) is 0. The normalized spacial score (nSPS) is 10.9. The molecule has 4 heteroatoms. The van der Waals surface area contributed by atoms with Gasteiger partial charge in [0.2, 0.25) is 0 Å². The van der Waals surface area contributed by atoms with Gasteiger partial charge in [-0.2, -0.15) is 4.21 Å². The van der Waals surface area contributed by atoms with Crippen molar-refractivity contribution in [2.24, 2.45) is 4.03 Å². The molecule has 0 fully saturated rings. The fraction of sp³-hybridized carbons (Fsp3) is 0. The molecule has 0 atom stereocenters. The van der Waals surface area contributed by atoms with Crippen molar-refractivity contribution in [3.05, 3.63) is 91.0 Å². The SMILES string of the molecule is O=S=N[Si](c1ccccc1)(c1ccccc1)c1ccccc1. The van der Waals surface area contributed by atoms with Gasteiger partial charge in [-0.3, -0.25) is 0 Å². The molecule has 3 aromatic rings. The van der Waals surface area contributed by atoms with E-state index in [0.717, 1.165) is 15.6 Å². The molecule has 0 aliphatic rings. The lowest BCUT2D eigenvalue weighted by Gasteiger charge is -2.26. The van der Waals surface area contributed by atoms with E-state index in [2.05, 4.69) is 40.4 Å². The minimum Gasteiger partial charge on any atom is -0.219 e. The lowest BCUT2D eigenvalue weighted by molar-refractivity contribution is 0.698. The number of hydrogen-bond acceptors (Lipinski definition) is 2. The topological polar surface area (TPSA) is 29.4 Å². The second-order valence-electron chi connectivity index (χ2n) is 4.97. The fourth-order valence-electron chi connectivity index (χ4n) is 2.75. The summed E-state index contributed by atoms with van der Waals surface area (Å²) >= 11 is 0.330. The molecule has 0 aromatic heterocycles. The molecule has 0 spiro atoms. The van der Waals surface area contributed by atoms with Crippen LogP contribution in [-0.2, 0) is 11.5 Å². The van der Waals surface area contributed by atoms with Crippen LogP contribution in [0.15, 0.2) is 95.0 Å². The van der Waals surface area contributed by atoms with E-state index in [1.807, 2.05) is 54.6 Å².